The third-order valence-electron chi connectivity index (χ3n) is 3.93. The van der Waals surface area contributed by atoms with E-state index in [1.807, 2.05) is 60.7 Å². The summed E-state index contributed by atoms with van der Waals surface area (Å²) in [5, 5.41) is 2.85. The Morgan fingerprint density at radius 1 is 0.875 bits per heavy atom. The lowest BCUT2D eigenvalue weighted by molar-refractivity contribution is -0.145. The highest BCUT2D eigenvalue weighted by Crippen LogP contribution is 2.29. The van der Waals surface area contributed by atoms with Gasteiger partial charge in [-0.2, -0.15) is 0 Å². The Labute approximate surface area is 142 Å². The first-order valence-electron chi connectivity index (χ1n) is 8.02. The molecule has 0 saturated carbocycles. The minimum absolute atomic E-state index is 0.178. The fourth-order valence-corrected chi connectivity index (χ4v) is 2.62. The first-order chi connectivity index (χ1) is 11.5. The van der Waals surface area contributed by atoms with Gasteiger partial charge < -0.3 is 10.1 Å². The van der Waals surface area contributed by atoms with Gasteiger partial charge >= 0.3 is 5.97 Å². The molecule has 0 aliphatic heterocycles. The van der Waals surface area contributed by atoms with E-state index in [2.05, 4.69) is 5.32 Å². The van der Waals surface area contributed by atoms with Crippen molar-refractivity contribution in [2.45, 2.75) is 25.8 Å². The molecule has 2 rings (SSSR count). The zero-order valence-corrected chi connectivity index (χ0v) is 14.2. The number of carbonyl (C=O) groups excluding carboxylic acids is 2. The number of ether oxygens (including phenoxy) is 1. The van der Waals surface area contributed by atoms with E-state index in [0.29, 0.717) is 0 Å². The Morgan fingerprint density at radius 3 is 1.71 bits per heavy atom. The van der Waals surface area contributed by atoms with Gasteiger partial charge in [-0.15, -0.1) is 0 Å². The summed E-state index contributed by atoms with van der Waals surface area (Å²) in [6.07, 6.45) is 0. The summed E-state index contributed by atoms with van der Waals surface area (Å²) in [4.78, 5) is 24.6. The SMILES string of the molecule is COC(=O)[C@@H](NC(=O)C(C)C)C(c1ccccc1)c1ccccc1. The van der Waals surface area contributed by atoms with Crippen LogP contribution in [0, 0.1) is 5.92 Å². The molecular formula is C20H23NO3. The van der Waals surface area contributed by atoms with Crippen molar-refractivity contribution in [1.82, 2.24) is 5.32 Å². The Balaban J connectivity index is 2.48. The van der Waals surface area contributed by atoms with Gasteiger partial charge in [0.2, 0.25) is 5.91 Å². The van der Waals surface area contributed by atoms with Crippen LogP contribution in [0.15, 0.2) is 60.7 Å². The first-order valence-corrected chi connectivity index (χ1v) is 8.02. The predicted molar refractivity (Wildman–Crippen MR) is 93.5 cm³/mol. The van der Waals surface area contributed by atoms with E-state index in [1.165, 1.54) is 7.11 Å². The Kier molecular flexibility index (Phi) is 6.13. The van der Waals surface area contributed by atoms with Crippen molar-refractivity contribution in [2.75, 3.05) is 7.11 Å². The minimum atomic E-state index is -0.783. The molecule has 1 amide bonds. The smallest absolute Gasteiger partial charge is 0.329 e. The largest absolute Gasteiger partial charge is 0.467 e. The Morgan fingerprint density at radius 2 is 1.33 bits per heavy atom. The van der Waals surface area contributed by atoms with Crippen molar-refractivity contribution >= 4 is 11.9 Å². The lowest BCUT2D eigenvalue weighted by Crippen LogP contribution is -2.47. The second-order valence-electron chi connectivity index (χ2n) is 5.96. The maximum Gasteiger partial charge on any atom is 0.329 e. The van der Waals surface area contributed by atoms with Gasteiger partial charge in [-0.05, 0) is 11.1 Å². The average molecular weight is 325 g/mol. The molecule has 2 aromatic carbocycles. The van der Waals surface area contributed by atoms with E-state index in [0.717, 1.165) is 11.1 Å². The highest BCUT2D eigenvalue weighted by Gasteiger charge is 2.33. The van der Waals surface area contributed by atoms with Crippen LogP contribution in [0.4, 0.5) is 0 Å². The number of hydrogen-bond donors (Lipinski definition) is 1. The van der Waals surface area contributed by atoms with Gasteiger partial charge in [0.25, 0.3) is 0 Å². The number of esters is 1. The number of benzene rings is 2. The van der Waals surface area contributed by atoms with Gasteiger partial charge in [-0.25, -0.2) is 4.79 Å². The second kappa shape index (κ2) is 8.29. The molecule has 1 N–H and O–H groups in total. The summed E-state index contributed by atoms with van der Waals surface area (Å²) in [7, 11) is 1.34. The zero-order chi connectivity index (χ0) is 17.5. The van der Waals surface area contributed by atoms with Crippen LogP contribution in [0.3, 0.4) is 0 Å². The Hall–Kier alpha value is -2.62. The fourth-order valence-electron chi connectivity index (χ4n) is 2.62. The van der Waals surface area contributed by atoms with Crippen LogP contribution in [0.1, 0.15) is 30.9 Å². The molecule has 126 valence electrons. The van der Waals surface area contributed by atoms with Crippen molar-refractivity contribution in [3.8, 4) is 0 Å². The maximum absolute atomic E-state index is 12.4. The van der Waals surface area contributed by atoms with Gasteiger partial charge in [-0.1, -0.05) is 74.5 Å². The van der Waals surface area contributed by atoms with Gasteiger partial charge in [0, 0.05) is 11.8 Å². The van der Waals surface area contributed by atoms with Gasteiger partial charge in [0.1, 0.15) is 6.04 Å². The highest BCUT2D eigenvalue weighted by atomic mass is 16.5. The summed E-state index contributed by atoms with van der Waals surface area (Å²) in [5.41, 5.74) is 1.89. The first kappa shape index (κ1) is 17.7. The molecule has 0 aromatic heterocycles. The molecule has 0 spiro atoms. The molecule has 0 aliphatic rings. The molecule has 2 aromatic rings. The highest BCUT2D eigenvalue weighted by molar-refractivity contribution is 5.86. The van der Waals surface area contributed by atoms with Crippen molar-refractivity contribution in [2.24, 2.45) is 5.92 Å². The van der Waals surface area contributed by atoms with Crippen molar-refractivity contribution in [3.63, 3.8) is 0 Å². The van der Waals surface area contributed by atoms with Gasteiger partial charge in [0.15, 0.2) is 0 Å². The lowest BCUT2D eigenvalue weighted by atomic mass is 9.84. The van der Waals surface area contributed by atoms with Crippen LogP contribution in [0.25, 0.3) is 0 Å². The molecule has 4 nitrogen and oxygen atoms in total. The maximum atomic E-state index is 12.4. The number of methoxy groups -OCH3 is 1. The number of amides is 1. The van der Waals surface area contributed by atoms with Crippen molar-refractivity contribution in [1.29, 1.82) is 0 Å². The summed E-state index contributed by atoms with van der Waals surface area (Å²) in [6, 6.07) is 18.6. The van der Waals surface area contributed by atoms with Crippen molar-refractivity contribution < 1.29 is 14.3 Å². The number of hydrogen-bond acceptors (Lipinski definition) is 3. The van der Waals surface area contributed by atoms with Gasteiger partial charge in [-0.3, -0.25) is 4.79 Å². The standard InChI is InChI=1S/C20H23NO3/c1-14(2)19(22)21-18(20(23)24-3)17(15-10-6-4-7-11-15)16-12-8-5-9-13-16/h4-14,17-18H,1-3H3,(H,21,22)/t18-/m0/s1. The normalized spacial score (nSPS) is 12.0. The van der Waals surface area contributed by atoms with Crippen LogP contribution < -0.4 is 5.32 Å². The topological polar surface area (TPSA) is 55.4 Å². The van der Waals surface area contributed by atoms with Crippen LogP contribution in [-0.2, 0) is 14.3 Å². The molecular weight excluding hydrogens is 302 g/mol. The lowest BCUT2D eigenvalue weighted by Gasteiger charge is -2.27. The molecule has 0 heterocycles. The molecule has 0 unspecified atom stereocenters. The van der Waals surface area contributed by atoms with E-state index >= 15 is 0 Å². The fraction of sp³-hybridized carbons (Fsp3) is 0.300. The number of rotatable bonds is 6. The molecule has 1 atom stereocenters. The van der Waals surface area contributed by atoms with Crippen LogP contribution in [0.2, 0.25) is 0 Å². The molecule has 24 heavy (non-hydrogen) atoms. The van der Waals surface area contributed by atoms with Crippen LogP contribution >= 0.6 is 0 Å². The minimum Gasteiger partial charge on any atom is -0.467 e. The number of carbonyl (C=O) groups is 2. The molecule has 0 fully saturated rings. The Bertz CT molecular complexity index is 628. The molecule has 0 radical (unpaired) electrons. The summed E-state index contributed by atoms with van der Waals surface area (Å²) < 4.78 is 4.96. The van der Waals surface area contributed by atoms with Crippen molar-refractivity contribution in [3.05, 3.63) is 71.8 Å². The van der Waals surface area contributed by atoms with E-state index in [1.54, 1.807) is 13.8 Å². The van der Waals surface area contributed by atoms with E-state index < -0.39 is 12.0 Å². The van der Waals surface area contributed by atoms with E-state index in [-0.39, 0.29) is 17.7 Å². The monoisotopic (exact) mass is 325 g/mol. The number of nitrogens with one attached hydrogen (secondary N) is 1. The van der Waals surface area contributed by atoms with Gasteiger partial charge in [0.05, 0.1) is 7.11 Å². The van der Waals surface area contributed by atoms with Crippen LogP contribution in [-0.4, -0.2) is 25.0 Å². The summed E-state index contributed by atoms with van der Waals surface area (Å²) in [5.74, 6) is -1.17. The van der Waals surface area contributed by atoms with E-state index in [9.17, 15) is 9.59 Å². The van der Waals surface area contributed by atoms with Crippen LogP contribution in [0.5, 0.6) is 0 Å². The zero-order valence-electron chi connectivity index (χ0n) is 14.2. The molecule has 0 saturated heterocycles. The molecule has 0 bridgehead atoms. The molecule has 4 heteroatoms. The summed E-state index contributed by atoms with van der Waals surface area (Å²) >= 11 is 0. The predicted octanol–water partition coefficient (Wildman–Crippen LogP) is 3.13. The van der Waals surface area contributed by atoms with E-state index in [4.69, 9.17) is 4.74 Å². The second-order valence-corrected chi connectivity index (χ2v) is 5.96. The summed E-state index contributed by atoms with van der Waals surface area (Å²) in [6.45, 7) is 3.59. The third kappa shape index (κ3) is 4.22. The quantitative estimate of drug-likeness (QED) is 0.830. The molecule has 0 aliphatic carbocycles. The average Bonchev–Trinajstić information content (AvgIpc) is 2.62. The third-order valence-corrected chi connectivity index (χ3v) is 3.93.